The Morgan fingerprint density at radius 1 is 0.523 bits per heavy atom. The topological polar surface area (TPSA) is 43.6 Å². The molecule has 3 aromatic heterocycles. The molecule has 0 aliphatic carbocycles. The highest BCUT2D eigenvalue weighted by atomic mass is 32.1. The Labute approximate surface area is 270 Å². The highest BCUT2D eigenvalue weighted by Gasteiger charge is 2.20. The first-order valence-corrected chi connectivity index (χ1v) is 14.7. The molecular weight excluding hydrogens is 557 g/mol. The summed E-state index contributed by atoms with van der Waals surface area (Å²) in [6.45, 7) is 0. The van der Waals surface area contributed by atoms with Crippen LogP contribution in [0.15, 0.2) is 145 Å². The maximum absolute atomic E-state index is 9.12. The molecule has 0 saturated heterocycles. The van der Waals surface area contributed by atoms with E-state index < -0.39 is 30.2 Å². The number of rotatable bonds is 4. The van der Waals surface area contributed by atoms with Crippen molar-refractivity contribution in [2.75, 3.05) is 0 Å². The Hall–Kier alpha value is -5.65. The number of hydrogen-bond donors (Lipinski definition) is 0. The molecule has 0 fully saturated rings. The third-order valence-corrected chi connectivity index (χ3v) is 8.82. The van der Waals surface area contributed by atoms with Crippen LogP contribution in [0.1, 0.15) is 12.3 Å². The summed E-state index contributed by atoms with van der Waals surface area (Å²) in [6, 6.07) is 24.6. The van der Waals surface area contributed by atoms with E-state index in [0.717, 1.165) is 25.7 Å². The monoisotopic (exact) mass is 589 g/mol. The van der Waals surface area contributed by atoms with Crippen LogP contribution in [0.5, 0.6) is 0 Å². The lowest BCUT2D eigenvalue weighted by Crippen LogP contribution is -2.06. The molecule has 0 spiro atoms. The quantitative estimate of drug-likeness (QED) is 0.205. The number of aromatic nitrogens is 4. The number of nitrogens with zero attached hydrogens (tertiary/aromatic N) is 4. The Morgan fingerprint density at radius 2 is 1.30 bits per heavy atom. The van der Waals surface area contributed by atoms with Gasteiger partial charge in [0.25, 0.3) is 0 Å². The highest BCUT2D eigenvalue weighted by Crippen LogP contribution is 2.40. The van der Waals surface area contributed by atoms with Gasteiger partial charge in [-0.25, -0.2) is 4.98 Å². The van der Waals surface area contributed by atoms with Crippen molar-refractivity contribution in [2.24, 2.45) is 0 Å². The zero-order valence-corrected chi connectivity index (χ0v) is 23.7. The van der Waals surface area contributed by atoms with E-state index in [1.54, 1.807) is 34.1 Å². The predicted molar refractivity (Wildman–Crippen MR) is 183 cm³/mol. The minimum absolute atomic E-state index is 0.0236. The van der Waals surface area contributed by atoms with Crippen LogP contribution in [0.3, 0.4) is 0 Å². The van der Waals surface area contributed by atoms with Crippen LogP contribution in [0, 0.1) is 0 Å². The van der Waals surface area contributed by atoms with E-state index in [2.05, 4.69) is 18.2 Å². The fourth-order valence-electron chi connectivity index (χ4n) is 5.74. The number of benzene rings is 6. The fourth-order valence-corrected chi connectivity index (χ4v) is 6.87. The molecule has 0 unspecified atom stereocenters. The molecule has 0 radical (unpaired) electrons. The molecule has 0 aliphatic heterocycles. The molecule has 0 saturated carbocycles. The molecule has 0 atom stereocenters. The SMILES string of the molecule is [2H]c1c([2H])c([2H])c(-c2ccc3c(c2)c2c([2H])c([2H])c([2H])c([2H])c2n3-c2nc(-c3ccccc3)nc(-c3cccc4sc5ccccc5c34)n2)c([2H])c1[2H]. The van der Waals surface area contributed by atoms with E-state index in [-0.39, 0.29) is 46.6 Å². The van der Waals surface area contributed by atoms with E-state index in [0.29, 0.717) is 33.7 Å². The number of fused-ring (bicyclic) bond motifs is 6. The van der Waals surface area contributed by atoms with Gasteiger partial charge >= 0.3 is 0 Å². The minimum atomic E-state index is -0.512. The summed E-state index contributed by atoms with van der Waals surface area (Å²) in [4.78, 5) is 14.9. The normalized spacial score (nSPS) is 14.5. The van der Waals surface area contributed by atoms with E-state index >= 15 is 0 Å². The van der Waals surface area contributed by atoms with Crippen molar-refractivity contribution in [1.29, 1.82) is 0 Å². The smallest absolute Gasteiger partial charge is 0.238 e. The maximum Gasteiger partial charge on any atom is 0.238 e. The van der Waals surface area contributed by atoms with Gasteiger partial charge in [-0.3, -0.25) is 4.57 Å². The van der Waals surface area contributed by atoms with Crippen molar-refractivity contribution < 1.29 is 12.3 Å². The summed E-state index contributed by atoms with van der Waals surface area (Å²) in [7, 11) is 0. The largest absolute Gasteiger partial charge is 0.278 e. The Balaban J connectivity index is 1.40. The second-order valence-corrected chi connectivity index (χ2v) is 11.3. The number of hydrogen-bond acceptors (Lipinski definition) is 4. The number of para-hydroxylation sites is 1. The van der Waals surface area contributed by atoms with Gasteiger partial charge in [0.1, 0.15) is 0 Å². The second kappa shape index (κ2) is 9.97. The fraction of sp³-hybridized carbons (Fsp3) is 0. The van der Waals surface area contributed by atoms with Gasteiger partial charge in [-0.1, -0.05) is 115 Å². The van der Waals surface area contributed by atoms with Gasteiger partial charge in [0.2, 0.25) is 5.95 Å². The molecule has 9 aromatic rings. The van der Waals surface area contributed by atoms with Gasteiger partial charge in [-0.05, 0) is 41.4 Å². The predicted octanol–water partition coefficient (Wildman–Crippen LogP) is 10.3. The summed E-state index contributed by atoms with van der Waals surface area (Å²) < 4.78 is 80.9. The first kappa shape index (κ1) is 17.5. The third kappa shape index (κ3) is 3.94. The average molecular weight is 590 g/mol. The van der Waals surface area contributed by atoms with Crippen molar-refractivity contribution in [3.8, 4) is 39.9 Å². The summed E-state index contributed by atoms with van der Waals surface area (Å²) in [5, 5.41) is 2.58. The van der Waals surface area contributed by atoms with Crippen molar-refractivity contribution in [1.82, 2.24) is 19.5 Å². The second-order valence-electron chi connectivity index (χ2n) is 10.2. The zero-order valence-electron chi connectivity index (χ0n) is 31.9. The first-order valence-electron chi connectivity index (χ1n) is 18.4. The summed E-state index contributed by atoms with van der Waals surface area (Å²) in [5.41, 5.74) is 2.30. The molecular formula is C39H24N4S. The average Bonchev–Trinajstić information content (AvgIpc) is 3.74. The molecule has 4 nitrogen and oxygen atoms in total. The van der Waals surface area contributed by atoms with Gasteiger partial charge in [0, 0.05) is 42.1 Å². The highest BCUT2D eigenvalue weighted by molar-refractivity contribution is 7.25. The Kier molecular flexibility index (Phi) is 3.96. The molecule has 0 bridgehead atoms. The minimum Gasteiger partial charge on any atom is -0.278 e. The molecule has 0 aliphatic rings. The van der Waals surface area contributed by atoms with Crippen molar-refractivity contribution in [2.45, 2.75) is 0 Å². The lowest BCUT2D eigenvalue weighted by Gasteiger charge is -2.12. The molecule has 0 amide bonds. The first-order chi connectivity index (χ1) is 25.5. The van der Waals surface area contributed by atoms with Crippen molar-refractivity contribution in [3.63, 3.8) is 0 Å². The zero-order chi connectivity index (χ0) is 36.9. The molecule has 5 heteroatoms. The Bertz CT molecular complexity index is 2990. The van der Waals surface area contributed by atoms with E-state index in [1.165, 1.54) is 0 Å². The summed E-state index contributed by atoms with van der Waals surface area (Å²) in [5.74, 6) is 0.842. The van der Waals surface area contributed by atoms with Crippen LogP contribution in [0.4, 0.5) is 0 Å². The van der Waals surface area contributed by atoms with Crippen molar-refractivity contribution >= 4 is 53.3 Å². The van der Waals surface area contributed by atoms with Crippen LogP contribution < -0.4 is 0 Å². The van der Waals surface area contributed by atoms with Crippen LogP contribution >= 0.6 is 11.3 Å². The van der Waals surface area contributed by atoms with Crippen LogP contribution in [-0.4, -0.2) is 19.5 Å². The molecule has 44 heavy (non-hydrogen) atoms. The molecule has 9 rings (SSSR count). The van der Waals surface area contributed by atoms with Crippen molar-refractivity contribution in [3.05, 3.63) is 145 Å². The molecule has 206 valence electrons. The standard InChI is InChI=1S/C39H24N4S/c1-3-12-25(13-4-1)27-22-23-33-31(24-27)28-16-7-9-19-32(28)43(33)39-41-37(26-14-5-2-6-15-26)40-38(42-39)30-18-11-21-35-36(30)29-17-8-10-20-34(29)44-35/h1-24H/i1D,3D,4D,7D,9D,12D,13D,16D,19D. The van der Waals surface area contributed by atoms with E-state index in [9.17, 15) is 0 Å². The summed E-state index contributed by atoms with van der Waals surface area (Å²) >= 11 is 1.67. The van der Waals surface area contributed by atoms with Crippen LogP contribution in [0.25, 0.3) is 81.8 Å². The van der Waals surface area contributed by atoms with Gasteiger partial charge in [0.15, 0.2) is 11.6 Å². The van der Waals surface area contributed by atoms with Crippen LogP contribution in [-0.2, 0) is 0 Å². The van der Waals surface area contributed by atoms with E-state index in [1.807, 2.05) is 54.6 Å². The molecule has 3 heterocycles. The lowest BCUT2D eigenvalue weighted by molar-refractivity contribution is 0.954. The third-order valence-electron chi connectivity index (χ3n) is 7.69. The van der Waals surface area contributed by atoms with Crippen LogP contribution in [0.2, 0.25) is 0 Å². The lowest BCUT2D eigenvalue weighted by atomic mass is 10.0. The summed E-state index contributed by atoms with van der Waals surface area (Å²) in [6.07, 6.45) is 0. The molecule has 0 N–H and O–H groups in total. The van der Waals surface area contributed by atoms with Gasteiger partial charge in [-0.15, -0.1) is 11.3 Å². The molecule has 6 aromatic carbocycles. The van der Waals surface area contributed by atoms with Gasteiger partial charge in [-0.2, -0.15) is 9.97 Å². The van der Waals surface area contributed by atoms with Gasteiger partial charge in [0.05, 0.1) is 23.4 Å². The maximum atomic E-state index is 9.12. The van der Waals surface area contributed by atoms with E-state index in [4.69, 9.17) is 27.3 Å². The number of thiophene rings is 1. The van der Waals surface area contributed by atoms with Gasteiger partial charge < -0.3 is 0 Å². The Morgan fingerprint density at radius 3 is 2.20 bits per heavy atom.